The van der Waals surface area contributed by atoms with Crippen molar-refractivity contribution in [2.75, 3.05) is 24.7 Å². The molecule has 1 heterocycles. The lowest BCUT2D eigenvalue weighted by molar-refractivity contribution is 0.157. The van der Waals surface area contributed by atoms with Gasteiger partial charge in [-0.15, -0.1) is 0 Å². The molecular weight excluding hydrogens is 424 g/mol. The van der Waals surface area contributed by atoms with E-state index in [1.54, 1.807) is 12.3 Å². The molecule has 0 fully saturated rings. The van der Waals surface area contributed by atoms with E-state index < -0.39 is 0 Å². The highest BCUT2D eigenvalue weighted by Gasteiger charge is 1.99. The standard InChI is InChI=1S/C20H24N2O2.C6H8N2.C2H6/c1-15(21)3-4-16(2)23-13-14-24-20-11-7-18(8-12-20)17-5-9-19(22)10-6-17;1-5-2-3-6(7)8-4-5;1-2/h3-12H,13-14,21-22H2,1-2H3;2-4H,1H3,(H2,7,8);1-2H3/b15-3+,16-4+;;. The van der Waals surface area contributed by atoms with Crippen molar-refractivity contribution in [3.05, 3.63) is 96.0 Å². The molecule has 0 aliphatic heterocycles. The summed E-state index contributed by atoms with van der Waals surface area (Å²) >= 11 is 0. The average molecular weight is 463 g/mol. The molecule has 0 amide bonds. The van der Waals surface area contributed by atoms with Gasteiger partial charge in [0.2, 0.25) is 0 Å². The quantitative estimate of drug-likeness (QED) is 0.169. The maximum atomic E-state index is 5.71. The van der Waals surface area contributed by atoms with Crippen molar-refractivity contribution in [2.45, 2.75) is 34.6 Å². The molecule has 2 aromatic carbocycles. The molecule has 182 valence electrons. The van der Waals surface area contributed by atoms with Crippen LogP contribution in [0.3, 0.4) is 0 Å². The van der Waals surface area contributed by atoms with Crippen LogP contribution in [0.4, 0.5) is 11.5 Å². The number of rotatable bonds is 7. The van der Waals surface area contributed by atoms with Crippen LogP contribution < -0.4 is 21.9 Å². The number of nitrogen functional groups attached to an aromatic ring is 2. The summed E-state index contributed by atoms with van der Waals surface area (Å²) in [6, 6.07) is 19.5. The molecule has 0 atom stereocenters. The number of anilines is 2. The number of benzene rings is 2. The average Bonchev–Trinajstić information content (AvgIpc) is 2.85. The van der Waals surface area contributed by atoms with Crippen LogP contribution in [0, 0.1) is 6.92 Å². The SMILES string of the molecule is C/C(N)=C\C=C(/C)OCCOc1ccc(-c2ccc(N)cc2)cc1.CC.Cc1ccc(N)nc1. The zero-order valence-electron chi connectivity index (χ0n) is 20.9. The number of pyridine rings is 1. The fourth-order valence-electron chi connectivity index (χ4n) is 2.56. The Kier molecular flexibility index (Phi) is 13.1. The van der Waals surface area contributed by atoms with Crippen LogP contribution in [-0.4, -0.2) is 18.2 Å². The second-order valence-corrected chi connectivity index (χ2v) is 7.29. The fraction of sp³-hybridized carbons (Fsp3) is 0.250. The minimum atomic E-state index is 0.484. The monoisotopic (exact) mass is 462 g/mol. The minimum absolute atomic E-state index is 0.484. The third-order valence-electron chi connectivity index (χ3n) is 4.30. The number of allylic oxidation sites excluding steroid dienone is 4. The van der Waals surface area contributed by atoms with Gasteiger partial charge in [0.1, 0.15) is 24.8 Å². The zero-order chi connectivity index (χ0) is 25.3. The highest BCUT2D eigenvalue weighted by Crippen LogP contribution is 2.23. The molecule has 0 radical (unpaired) electrons. The predicted molar refractivity (Wildman–Crippen MR) is 144 cm³/mol. The van der Waals surface area contributed by atoms with Crippen LogP contribution in [0.2, 0.25) is 0 Å². The van der Waals surface area contributed by atoms with Crippen LogP contribution in [0.5, 0.6) is 5.75 Å². The second kappa shape index (κ2) is 15.8. The predicted octanol–water partition coefficient (Wildman–Crippen LogP) is 6.10. The Bertz CT molecular complexity index is 985. The Hall–Kier alpha value is -3.93. The minimum Gasteiger partial charge on any atom is -0.495 e. The summed E-state index contributed by atoms with van der Waals surface area (Å²) in [6.07, 6.45) is 5.40. The summed E-state index contributed by atoms with van der Waals surface area (Å²) in [4.78, 5) is 3.86. The van der Waals surface area contributed by atoms with Crippen molar-refractivity contribution in [2.24, 2.45) is 5.73 Å². The van der Waals surface area contributed by atoms with Crippen molar-refractivity contribution < 1.29 is 9.47 Å². The Balaban J connectivity index is 0.000000483. The van der Waals surface area contributed by atoms with E-state index in [2.05, 4.69) is 4.98 Å². The lowest BCUT2D eigenvalue weighted by atomic mass is 10.1. The van der Waals surface area contributed by atoms with Crippen LogP contribution in [0.25, 0.3) is 11.1 Å². The molecule has 0 aliphatic carbocycles. The Morgan fingerprint density at radius 1 is 0.824 bits per heavy atom. The molecule has 0 saturated carbocycles. The van der Waals surface area contributed by atoms with Gasteiger partial charge in [0.25, 0.3) is 0 Å². The van der Waals surface area contributed by atoms with Crippen molar-refractivity contribution in [1.82, 2.24) is 4.98 Å². The molecular formula is C28H38N4O2. The Labute approximate surface area is 204 Å². The second-order valence-electron chi connectivity index (χ2n) is 7.29. The summed E-state index contributed by atoms with van der Waals surface area (Å²) in [5, 5.41) is 0. The van der Waals surface area contributed by atoms with Gasteiger partial charge in [0.05, 0.1) is 5.76 Å². The number of nitrogens with zero attached hydrogens (tertiary/aromatic N) is 1. The van der Waals surface area contributed by atoms with Crippen molar-refractivity contribution in [3.63, 3.8) is 0 Å². The highest BCUT2D eigenvalue weighted by molar-refractivity contribution is 5.66. The number of hydrogen-bond donors (Lipinski definition) is 3. The molecule has 6 nitrogen and oxygen atoms in total. The Morgan fingerprint density at radius 3 is 1.91 bits per heavy atom. The molecule has 0 unspecified atom stereocenters. The van der Waals surface area contributed by atoms with Crippen LogP contribution in [0.1, 0.15) is 33.3 Å². The third-order valence-corrected chi connectivity index (χ3v) is 4.30. The van der Waals surface area contributed by atoms with Gasteiger partial charge < -0.3 is 26.7 Å². The van der Waals surface area contributed by atoms with Crippen LogP contribution >= 0.6 is 0 Å². The third kappa shape index (κ3) is 11.6. The van der Waals surface area contributed by atoms with Gasteiger partial charge in [-0.3, -0.25) is 0 Å². The first kappa shape index (κ1) is 28.1. The number of aromatic nitrogens is 1. The number of nitrogens with two attached hydrogens (primary N) is 3. The van der Waals surface area contributed by atoms with E-state index in [9.17, 15) is 0 Å². The lowest BCUT2D eigenvalue weighted by Gasteiger charge is -2.09. The number of ether oxygens (including phenoxy) is 2. The van der Waals surface area contributed by atoms with Crippen molar-refractivity contribution >= 4 is 11.5 Å². The first-order chi connectivity index (χ1) is 16.3. The molecule has 0 aliphatic rings. The molecule has 6 heteroatoms. The van der Waals surface area contributed by atoms with Gasteiger partial charge in [-0.05, 0) is 79.9 Å². The molecule has 0 saturated heterocycles. The maximum absolute atomic E-state index is 5.71. The van der Waals surface area contributed by atoms with Gasteiger partial charge in [-0.25, -0.2) is 4.98 Å². The molecule has 0 spiro atoms. The van der Waals surface area contributed by atoms with Crippen molar-refractivity contribution in [3.8, 4) is 16.9 Å². The van der Waals surface area contributed by atoms with E-state index in [0.29, 0.717) is 19.0 Å². The van der Waals surface area contributed by atoms with E-state index in [-0.39, 0.29) is 0 Å². The van der Waals surface area contributed by atoms with E-state index in [1.807, 2.05) is 101 Å². The van der Waals surface area contributed by atoms with Crippen LogP contribution in [-0.2, 0) is 4.74 Å². The molecule has 34 heavy (non-hydrogen) atoms. The first-order valence-corrected chi connectivity index (χ1v) is 11.3. The lowest BCUT2D eigenvalue weighted by Crippen LogP contribution is -2.05. The smallest absolute Gasteiger partial charge is 0.123 e. The Morgan fingerprint density at radius 2 is 1.41 bits per heavy atom. The van der Waals surface area contributed by atoms with E-state index in [4.69, 9.17) is 26.7 Å². The summed E-state index contributed by atoms with van der Waals surface area (Å²) in [5.74, 6) is 2.20. The van der Waals surface area contributed by atoms with Gasteiger partial charge in [0, 0.05) is 17.6 Å². The van der Waals surface area contributed by atoms with E-state index in [1.165, 1.54) is 0 Å². The number of aryl methyl sites for hydroxylation is 1. The molecule has 6 N–H and O–H groups in total. The summed E-state index contributed by atoms with van der Waals surface area (Å²) in [5.41, 5.74) is 21.5. The molecule has 1 aromatic heterocycles. The molecule has 3 rings (SSSR count). The van der Waals surface area contributed by atoms with Gasteiger partial charge >= 0.3 is 0 Å². The number of hydrogen-bond acceptors (Lipinski definition) is 6. The summed E-state index contributed by atoms with van der Waals surface area (Å²) in [6.45, 7) is 10.7. The van der Waals surface area contributed by atoms with E-state index >= 15 is 0 Å². The van der Waals surface area contributed by atoms with Gasteiger partial charge in [0.15, 0.2) is 0 Å². The van der Waals surface area contributed by atoms with Crippen LogP contribution in [0.15, 0.2) is 90.5 Å². The zero-order valence-corrected chi connectivity index (χ0v) is 20.9. The van der Waals surface area contributed by atoms with Gasteiger partial charge in [-0.2, -0.15) is 0 Å². The maximum Gasteiger partial charge on any atom is 0.123 e. The topological polar surface area (TPSA) is 109 Å². The normalized spacial score (nSPS) is 10.9. The van der Waals surface area contributed by atoms with E-state index in [0.717, 1.165) is 39.6 Å². The largest absolute Gasteiger partial charge is 0.495 e. The van der Waals surface area contributed by atoms with Crippen molar-refractivity contribution in [1.29, 1.82) is 0 Å². The summed E-state index contributed by atoms with van der Waals surface area (Å²) < 4.78 is 11.2. The molecule has 0 bridgehead atoms. The highest BCUT2D eigenvalue weighted by atomic mass is 16.5. The molecule has 3 aromatic rings. The first-order valence-electron chi connectivity index (χ1n) is 11.3. The summed E-state index contributed by atoms with van der Waals surface area (Å²) in [7, 11) is 0. The van der Waals surface area contributed by atoms with Gasteiger partial charge in [-0.1, -0.05) is 44.2 Å². The fourth-order valence-corrected chi connectivity index (χ4v) is 2.56.